The van der Waals surface area contributed by atoms with Crippen molar-refractivity contribution in [1.82, 2.24) is 10.2 Å². The van der Waals surface area contributed by atoms with Crippen molar-refractivity contribution in [2.75, 3.05) is 26.2 Å². The monoisotopic (exact) mass is 330 g/mol. The quantitative estimate of drug-likeness (QED) is 0.875. The minimum atomic E-state index is -4.38. The van der Waals surface area contributed by atoms with E-state index in [0.29, 0.717) is 26.2 Å². The van der Waals surface area contributed by atoms with Gasteiger partial charge in [-0.2, -0.15) is 13.2 Å². The maximum absolute atomic E-state index is 13.3. The van der Waals surface area contributed by atoms with Crippen molar-refractivity contribution in [1.29, 1.82) is 0 Å². The number of aromatic hydroxyl groups is 1. The minimum absolute atomic E-state index is 0. The van der Waals surface area contributed by atoms with Crippen LogP contribution in [0.15, 0.2) is 18.2 Å². The van der Waals surface area contributed by atoms with Crippen LogP contribution in [0.2, 0.25) is 5.02 Å². The molecule has 0 amide bonds. The Labute approximate surface area is 126 Å². The van der Waals surface area contributed by atoms with Crippen molar-refractivity contribution >= 4 is 24.0 Å². The van der Waals surface area contributed by atoms with Gasteiger partial charge in [-0.05, 0) is 17.7 Å². The van der Waals surface area contributed by atoms with Gasteiger partial charge in [-0.25, -0.2) is 0 Å². The topological polar surface area (TPSA) is 35.5 Å². The summed E-state index contributed by atoms with van der Waals surface area (Å²) >= 11 is 5.70. The Bertz CT molecular complexity index is 451. The molecule has 1 aromatic carbocycles. The molecule has 1 atom stereocenters. The number of phenolic OH excluding ortho intramolecular Hbond substituents is 1. The first-order valence-corrected chi connectivity index (χ1v) is 6.27. The largest absolute Gasteiger partial charge is 0.506 e. The van der Waals surface area contributed by atoms with Crippen LogP contribution in [0, 0.1) is 0 Å². The van der Waals surface area contributed by atoms with Gasteiger partial charge < -0.3 is 10.4 Å². The number of hydrogen-bond acceptors (Lipinski definition) is 3. The van der Waals surface area contributed by atoms with Gasteiger partial charge in [-0.1, -0.05) is 17.7 Å². The van der Waals surface area contributed by atoms with E-state index in [2.05, 4.69) is 5.32 Å². The first-order chi connectivity index (χ1) is 8.89. The second-order valence-electron chi connectivity index (χ2n) is 4.44. The fourth-order valence-corrected chi connectivity index (χ4v) is 2.43. The van der Waals surface area contributed by atoms with Crippen LogP contribution < -0.4 is 5.32 Å². The average Bonchev–Trinajstić information content (AvgIpc) is 2.34. The fourth-order valence-electron chi connectivity index (χ4n) is 2.24. The molecule has 1 saturated heterocycles. The lowest BCUT2D eigenvalue weighted by molar-refractivity contribution is -0.187. The van der Waals surface area contributed by atoms with E-state index >= 15 is 0 Å². The number of rotatable bonds is 2. The molecule has 0 aliphatic carbocycles. The van der Waals surface area contributed by atoms with Gasteiger partial charge in [-0.3, -0.25) is 4.90 Å². The molecule has 114 valence electrons. The summed E-state index contributed by atoms with van der Waals surface area (Å²) in [5.74, 6) is -0.216. The number of halogens is 5. The van der Waals surface area contributed by atoms with Crippen molar-refractivity contribution in [3.63, 3.8) is 0 Å². The zero-order valence-electron chi connectivity index (χ0n) is 10.5. The highest BCUT2D eigenvalue weighted by Gasteiger charge is 2.45. The van der Waals surface area contributed by atoms with E-state index in [4.69, 9.17) is 11.6 Å². The molecule has 0 spiro atoms. The number of nitrogens with one attached hydrogen (secondary N) is 1. The van der Waals surface area contributed by atoms with Gasteiger partial charge in [0.25, 0.3) is 0 Å². The summed E-state index contributed by atoms with van der Waals surface area (Å²) in [6, 6.07) is 1.95. The lowest BCUT2D eigenvalue weighted by atomic mass is 10.0. The van der Waals surface area contributed by atoms with Gasteiger partial charge in [0, 0.05) is 26.2 Å². The molecule has 0 radical (unpaired) electrons. The third-order valence-electron chi connectivity index (χ3n) is 3.11. The Hall–Kier alpha value is -0.690. The SMILES string of the molecule is Cl.Oc1ccc([C@H](N2CCNCC2)C(F)(F)F)cc1Cl. The Morgan fingerprint density at radius 3 is 2.35 bits per heavy atom. The van der Waals surface area contributed by atoms with Crippen LogP contribution >= 0.6 is 24.0 Å². The predicted molar refractivity (Wildman–Crippen MR) is 73.6 cm³/mol. The second kappa shape index (κ2) is 6.85. The van der Waals surface area contributed by atoms with Gasteiger partial charge in [0.05, 0.1) is 5.02 Å². The summed E-state index contributed by atoms with van der Waals surface area (Å²) < 4.78 is 39.8. The Balaban J connectivity index is 0.00000200. The molecule has 1 aromatic rings. The smallest absolute Gasteiger partial charge is 0.408 e. The van der Waals surface area contributed by atoms with Crippen LogP contribution in [0.1, 0.15) is 11.6 Å². The first kappa shape index (κ1) is 17.4. The van der Waals surface area contributed by atoms with Crippen LogP contribution in [0.4, 0.5) is 13.2 Å². The predicted octanol–water partition coefficient (Wildman–Crippen LogP) is 2.98. The van der Waals surface area contributed by atoms with Gasteiger partial charge in [0.2, 0.25) is 0 Å². The molecule has 1 heterocycles. The normalized spacial score (nSPS) is 18.4. The number of piperazine rings is 1. The van der Waals surface area contributed by atoms with Crippen molar-refractivity contribution in [2.45, 2.75) is 12.2 Å². The molecule has 1 fully saturated rings. The highest BCUT2D eigenvalue weighted by molar-refractivity contribution is 6.32. The van der Waals surface area contributed by atoms with Gasteiger partial charge in [0.1, 0.15) is 11.8 Å². The highest BCUT2D eigenvalue weighted by atomic mass is 35.5. The maximum atomic E-state index is 13.3. The molecule has 8 heteroatoms. The third-order valence-corrected chi connectivity index (χ3v) is 3.42. The fraction of sp³-hybridized carbons (Fsp3) is 0.500. The molecule has 0 aromatic heterocycles. The van der Waals surface area contributed by atoms with Crippen LogP contribution in [0.3, 0.4) is 0 Å². The lowest BCUT2D eigenvalue weighted by Crippen LogP contribution is -2.49. The molecule has 0 saturated carbocycles. The molecular formula is C12H15Cl2F3N2O. The van der Waals surface area contributed by atoms with E-state index in [1.807, 2.05) is 0 Å². The third kappa shape index (κ3) is 3.91. The molecule has 0 unspecified atom stereocenters. The van der Waals surface area contributed by atoms with E-state index in [0.717, 1.165) is 0 Å². The molecule has 1 aliphatic rings. The summed E-state index contributed by atoms with van der Waals surface area (Å²) in [4.78, 5) is 1.37. The van der Waals surface area contributed by atoms with Crippen LogP contribution in [-0.2, 0) is 0 Å². The standard InChI is InChI=1S/C12H14ClF3N2O.ClH/c13-9-7-8(1-2-10(9)19)11(12(14,15)16)18-5-3-17-4-6-18;/h1-2,7,11,17,19H,3-6H2;1H/t11-;/m0./s1. The highest BCUT2D eigenvalue weighted by Crippen LogP contribution is 2.39. The number of nitrogens with zero attached hydrogens (tertiary/aromatic N) is 1. The van der Waals surface area contributed by atoms with Crippen LogP contribution in [-0.4, -0.2) is 42.4 Å². The summed E-state index contributed by atoms with van der Waals surface area (Å²) in [7, 11) is 0. The van der Waals surface area contributed by atoms with E-state index < -0.39 is 12.2 Å². The van der Waals surface area contributed by atoms with Gasteiger partial charge >= 0.3 is 6.18 Å². The first-order valence-electron chi connectivity index (χ1n) is 5.89. The summed E-state index contributed by atoms with van der Waals surface area (Å²) in [5.41, 5.74) is 0.0530. The maximum Gasteiger partial charge on any atom is 0.408 e. The van der Waals surface area contributed by atoms with E-state index in [9.17, 15) is 18.3 Å². The van der Waals surface area contributed by atoms with Crippen LogP contribution in [0.5, 0.6) is 5.75 Å². The molecule has 3 nitrogen and oxygen atoms in total. The van der Waals surface area contributed by atoms with Crippen molar-refractivity contribution in [3.05, 3.63) is 28.8 Å². The molecule has 1 aliphatic heterocycles. The number of phenols is 1. The molecular weight excluding hydrogens is 316 g/mol. The van der Waals surface area contributed by atoms with Crippen molar-refractivity contribution in [2.24, 2.45) is 0 Å². The molecule has 2 N–H and O–H groups in total. The Morgan fingerprint density at radius 2 is 1.85 bits per heavy atom. The summed E-state index contributed by atoms with van der Waals surface area (Å²) in [5, 5.41) is 12.3. The Kier molecular flexibility index (Phi) is 5.94. The Morgan fingerprint density at radius 1 is 1.25 bits per heavy atom. The van der Waals surface area contributed by atoms with Gasteiger partial charge in [-0.15, -0.1) is 12.4 Å². The average molecular weight is 331 g/mol. The number of alkyl halides is 3. The second-order valence-corrected chi connectivity index (χ2v) is 4.85. The lowest BCUT2D eigenvalue weighted by Gasteiger charge is -2.36. The van der Waals surface area contributed by atoms with Gasteiger partial charge in [0.15, 0.2) is 0 Å². The molecule has 0 bridgehead atoms. The van der Waals surface area contributed by atoms with E-state index in [1.54, 1.807) is 0 Å². The molecule has 2 rings (SSSR count). The number of benzene rings is 1. The number of hydrogen-bond donors (Lipinski definition) is 2. The zero-order valence-corrected chi connectivity index (χ0v) is 12.0. The summed E-state index contributed by atoms with van der Waals surface area (Å²) in [6.07, 6.45) is -4.38. The van der Waals surface area contributed by atoms with Crippen molar-refractivity contribution in [3.8, 4) is 5.75 Å². The minimum Gasteiger partial charge on any atom is -0.506 e. The molecule has 20 heavy (non-hydrogen) atoms. The van der Waals surface area contributed by atoms with Crippen molar-refractivity contribution < 1.29 is 18.3 Å². The zero-order chi connectivity index (χ0) is 14.0. The van der Waals surface area contributed by atoms with E-state index in [1.165, 1.54) is 23.1 Å². The van der Waals surface area contributed by atoms with Crippen LogP contribution in [0.25, 0.3) is 0 Å². The summed E-state index contributed by atoms with van der Waals surface area (Å²) in [6.45, 7) is 1.70. The van der Waals surface area contributed by atoms with E-state index in [-0.39, 0.29) is 28.7 Å².